The zero-order chi connectivity index (χ0) is 28.3. The topological polar surface area (TPSA) is 130 Å². The van der Waals surface area contributed by atoms with E-state index in [9.17, 15) is 24.4 Å². The van der Waals surface area contributed by atoms with Gasteiger partial charge in [0.25, 0.3) is 5.91 Å². The number of nitrogens with zero attached hydrogens (tertiary/aromatic N) is 3. The van der Waals surface area contributed by atoms with Crippen LogP contribution in [0.3, 0.4) is 0 Å². The number of carbonyl (C=O) groups excluding carboxylic acids is 3. The molecule has 2 heterocycles. The molecule has 1 amide bonds. The van der Waals surface area contributed by atoms with Gasteiger partial charge >= 0.3 is 17.6 Å². The number of carbonyl (C=O) groups is 3. The Hall–Kier alpha value is -4.13. The minimum Gasteiger partial charge on any atom is -0.459 e. The largest absolute Gasteiger partial charge is 0.459 e. The number of benzene rings is 1. The van der Waals surface area contributed by atoms with Crippen LogP contribution in [0.15, 0.2) is 39.1 Å². The van der Waals surface area contributed by atoms with Gasteiger partial charge in [-0.2, -0.15) is 5.26 Å². The van der Waals surface area contributed by atoms with Crippen molar-refractivity contribution in [2.75, 3.05) is 31.1 Å². The average molecular weight is 524 g/mol. The molecule has 1 aromatic heterocycles. The number of hydrogen-bond acceptors (Lipinski definition) is 9. The van der Waals surface area contributed by atoms with Crippen LogP contribution < -0.4 is 10.5 Å². The lowest BCUT2D eigenvalue weighted by Crippen LogP contribution is -2.43. The number of hydrogen-bond donors (Lipinski definition) is 0. The molecule has 0 spiro atoms. The van der Waals surface area contributed by atoms with E-state index in [1.54, 1.807) is 59.7 Å². The summed E-state index contributed by atoms with van der Waals surface area (Å²) in [5.74, 6) is -2.47. The first-order valence-electron chi connectivity index (χ1n) is 12.3. The Morgan fingerprint density at radius 3 is 2.08 bits per heavy atom. The molecule has 1 aliphatic rings. The van der Waals surface area contributed by atoms with Crippen LogP contribution in [0, 0.1) is 11.3 Å². The third-order valence-electron chi connectivity index (χ3n) is 5.39. The molecule has 0 bridgehead atoms. The van der Waals surface area contributed by atoms with Crippen molar-refractivity contribution >= 4 is 40.6 Å². The van der Waals surface area contributed by atoms with Crippen molar-refractivity contribution in [1.82, 2.24) is 4.90 Å². The fourth-order valence-electron chi connectivity index (χ4n) is 3.71. The van der Waals surface area contributed by atoms with Crippen LogP contribution in [0.1, 0.15) is 53.5 Å². The van der Waals surface area contributed by atoms with E-state index in [1.165, 1.54) is 6.07 Å². The van der Waals surface area contributed by atoms with Crippen LogP contribution in [-0.4, -0.2) is 60.1 Å². The smallest absolute Gasteiger partial charge is 0.343 e. The van der Waals surface area contributed by atoms with Crippen LogP contribution in [0.2, 0.25) is 0 Å². The molecule has 0 N–H and O–H groups in total. The molecule has 1 aliphatic heterocycles. The van der Waals surface area contributed by atoms with Crippen LogP contribution in [-0.2, 0) is 23.9 Å². The van der Waals surface area contributed by atoms with Gasteiger partial charge in [0.15, 0.2) is 0 Å². The van der Waals surface area contributed by atoms with Crippen molar-refractivity contribution in [3.05, 3.63) is 45.8 Å². The summed E-state index contributed by atoms with van der Waals surface area (Å²) in [5, 5.41) is 10.4. The summed E-state index contributed by atoms with van der Waals surface area (Å²) in [5.41, 5.74) is -1.53. The van der Waals surface area contributed by atoms with E-state index in [1.807, 2.05) is 6.07 Å². The van der Waals surface area contributed by atoms with Gasteiger partial charge < -0.3 is 23.7 Å². The molecule has 3 rings (SSSR count). The summed E-state index contributed by atoms with van der Waals surface area (Å²) in [4.78, 5) is 54.0. The van der Waals surface area contributed by atoms with E-state index >= 15 is 0 Å². The summed E-state index contributed by atoms with van der Waals surface area (Å²) in [6.45, 7) is 10.7. The van der Waals surface area contributed by atoms with Gasteiger partial charge in [-0.05, 0) is 72.2 Å². The maximum Gasteiger partial charge on any atom is 0.343 e. The summed E-state index contributed by atoms with van der Waals surface area (Å²) in [7, 11) is 0. The highest BCUT2D eigenvalue weighted by Gasteiger charge is 2.28. The lowest BCUT2D eigenvalue weighted by Gasteiger charge is -2.33. The molecule has 1 saturated heterocycles. The van der Waals surface area contributed by atoms with E-state index in [4.69, 9.17) is 13.9 Å². The van der Waals surface area contributed by atoms with Crippen molar-refractivity contribution < 1.29 is 28.3 Å². The number of esters is 2. The molecule has 1 fully saturated rings. The van der Waals surface area contributed by atoms with Crippen molar-refractivity contribution in [1.29, 1.82) is 5.26 Å². The average Bonchev–Trinajstić information content (AvgIpc) is 2.73. The molecule has 202 valence electrons. The Bertz CT molecular complexity index is 1340. The molecule has 2 aromatic rings. The first-order valence-corrected chi connectivity index (χ1v) is 12.3. The van der Waals surface area contributed by atoms with Gasteiger partial charge in [0.1, 0.15) is 41.5 Å². The van der Waals surface area contributed by atoms with Gasteiger partial charge in [-0.1, -0.05) is 0 Å². The van der Waals surface area contributed by atoms with Gasteiger partial charge in [-0.3, -0.25) is 14.4 Å². The summed E-state index contributed by atoms with van der Waals surface area (Å²) in [6.07, 6.45) is 2.20. The number of nitriles is 1. The molecule has 0 saturated carbocycles. The van der Waals surface area contributed by atoms with Crippen LogP contribution >= 0.6 is 0 Å². The number of rotatable bonds is 7. The summed E-state index contributed by atoms with van der Waals surface area (Å²) >= 11 is 0. The van der Waals surface area contributed by atoms with Gasteiger partial charge in [-0.15, -0.1) is 0 Å². The first kappa shape index (κ1) is 28.4. The van der Waals surface area contributed by atoms with Gasteiger partial charge in [0.2, 0.25) is 0 Å². The van der Waals surface area contributed by atoms with E-state index in [2.05, 4.69) is 4.90 Å². The summed E-state index contributed by atoms with van der Waals surface area (Å²) < 4.78 is 16.0. The second-order valence-corrected chi connectivity index (χ2v) is 11.1. The highest BCUT2D eigenvalue weighted by atomic mass is 16.6. The Labute approximate surface area is 221 Å². The van der Waals surface area contributed by atoms with E-state index in [0.717, 1.165) is 36.2 Å². The molecule has 0 unspecified atom stereocenters. The normalized spacial score (nSPS) is 13.9. The van der Waals surface area contributed by atoms with Crippen molar-refractivity contribution in [2.24, 2.45) is 0 Å². The third-order valence-corrected chi connectivity index (χ3v) is 5.39. The molecule has 0 atom stereocenters. The zero-order valence-electron chi connectivity index (χ0n) is 22.6. The Morgan fingerprint density at radius 1 is 1.03 bits per heavy atom. The Morgan fingerprint density at radius 2 is 1.61 bits per heavy atom. The lowest BCUT2D eigenvalue weighted by molar-refractivity contribution is -0.163. The Kier molecular flexibility index (Phi) is 8.30. The van der Waals surface area contributed by atoms with E-state index in [0.29, 0.717) is 11.0 Å². The SMILES string of the molecule is CC(C)(C)OC(=O)CN(CC(=O)OC(C)(C)C)C(=O)/C(C#N)=C/c1cc2ccc(N3CCC3)cc2oc1=O. The molecule has 0 aliphatic carbocycles. The fourth-order valence-corrected chi connectivity index (χ4v) is 3.71. The lowest BCUT2D eigenvalue weighted by atomic mass is 10.1. The highest BCUT2D eigenvalue weighted by Crippen LogP contribution is 2.25. The predicted molar refractivity (Wildman–Crippen MR) is 141 cm³/mol. The van der Waals surface area contributed by atoms with E-state index < -0.39 is 53.3 Å². The van der Waals surface area contributed by atoms with Gasteiger partial charge in [0.05, 0.1) is 5.56 Å². The minimum absolute atomic E-state index is 0.0198. The molecular formula is C28H33N3O7. The van der Waals surface area contributed by atoms with Gasteiger partial charge in [0, 0.05) is 30.2 Å². The first-order chi connectivity index (χ1) is 17.6. The molecule has 1 aromatic carbocycles. The molecular weight excluding hydrogens is 490 g/mol. The zero-order valence-corrected chi connectivity index (χ0v) is 22.6. The maximum absolute atomic E-state index is 13.3. The van der Waals surface area contributed by atoms with Crippen LogP contribution in [0.4, 0.5) is 5.69 Å². The number of fused-ring (bicyclic) bond motifs is 1. The quantitative estimate of drug-likeness (QED) is 0.232. The second kappa shape index (κ2) is 11.1. The molecule has 10 heteroatoms. The summed E-state index contributed by atoms with van der Waals surface area (Å²) in [6, 6.07) is 8.78. The second-order valence-electron chi connectivity index (χ2n) is 11.1. The van der Waals surface area contributed by atoms with Crippen molar-refractivity contribution in [3.63, 3.8) is 0 Å². The minimum atomic E-state index is -0.933. The standard InChI is InChI=1S/C28H33N3O7/c1-27(2,3)37-23(32)16-31(17-24(33)38-28(4,5)6)25(34)20(15-29)13-19-12-18-8-9-21(30-10-7-11-30)14-22(18)36-26(19)35/h8-9,12-14H,7,10-11,16-17H2,1-6H3/b20-13+. The molecule has 0 radical (unpaired) electrons. The fraction of sp³-hybridized carbons (Fsp3) is 0.464. The monoisotopic (exact) mass is 523 g/mol. The van der Waals surface area contributed by atoms with Crippen molar-refractivity contribution in [2.45, 2.75) is 59.2 Å². The third kappa shape index (κ3) is 7.68. The number of anilines is 1. The molecule has 38 heavy (non-hydrogen) atoms. The van der Waals surface area contributed by atoms with Gasteiger partial charge in [-0.25, -0.2) is 4.79 Å². The van der Waals surface area contributed by atoms with Crippen LogP contribution in [0.5, 0.6) is 0 Å². The highest BCUT2D eigenvalue weighted by molar-refractivity contribution is 6.04. The van der Waals surface area contributed by atoms with Crippen molar-refractivity contribution in [3.8, 4) is 6.07 Å². The maximum atomic E-state index is 13.3. The Balaban J connectivity index is 1.91. The number of amides is 1. The van der Waals surface area contributed by atoms with Crippen LogP contribution in [0.25, 0.3) is 17.0 Å². The number of ether oxygens (including phenoxy) is 2. The molecule has 10 nitrogen and oxygen atoms in total. The predicted octanol–water partition coefficient (Wildman–Crippen LogP) is 3.42. The van der Waals surface area contributed by atoms with E-state index in [-0.39, 0.29) is 5.56 Å².